The van der Waals surface area contributed by atoms with Crippen molar-refractivity contribution in [3.8, 4) is 0 Å². The summed E-state index contributed by atoms with van der Waals surface area (Å²) in [7, 11) is 0. The van der Waals surface area contributed by atoms with Gasteiger partial charge in [-0.05, 0) is 24.6 Å². The quantitative estimate of drug-likeness (QED) is 0.565. The van der Waals surface area contributed by atoms with Crippen molar-refractivity contribution in [1.82, 2.24) is 4.90 Å². The Labute approximate surface area is 99.9 Å². The molecule has 0 aliphatic carbocycles. The second-order valence-electron chi connectivity index (χ2n) is 6.08. The predicted molar refractivity (Wildman–Crippen MR) is 64.3 cm³/mol. The molecule has 1 spiro atoms. The molecule has 4 atom stereocenters. The van der Waals surface area contributed by atoms with Crippen LogP contribution >= 0.6 is 0 Å². The first-order valence-corrected chi connectivity index (χ1v) is 6.64. The zero-order valence-electron chi connectivity index (χ0n) is 9.50. The van der Waals surface area contributed by atoms with Crippen LogP contribution in [-0.2, 0) is 0 Å². The van der Waals surface area contributed by atoms with Gasteiger partial charge in [0.1, 0.15) is 0 Å². The first kappa shape index (κ1) is 7.70. The van der Waals surface area contributed by atoms with Crippen LogP contribution in [0.2, 0.25) is 0 Å². The Balaban J connectivity index is 1.74. The molecule has 6 aliphatic rings. The Kier molecular flexibility index (Phi) is 0.888. The number of hydrogen-bond donors (Lipinski definition) is 0. The van der Waals surface area contributed by atoms with Crippen molar-refractivity contribution in [3.63, 3.8) is 0 Å². The van der Waals surface area contributed by atoms with E-state index in [0.29, 0.717) is 12.0 Å². The smallest absolute Gasteiger partial charge is 0.258 e. The summed E-state index contributed by atoms with van der Waals surface area (Å²) in [5.41, 5.74) is 4.78. The fourth-order valence-electron chi connectivity index (χ4n) is 5.25. The summed E-state index contributed by atoms with van der Waals surface area (Å²) in [6.07, 6.45) is 17.0. The van der Waals surface area contributed by atoms with Crippen LogP contribution in [-0.4, -0.2) is 26.9 Å². The lowest BCUT2D eigenvalue weighted by molar-refractivity contribution is -0.574. The van der Waals surface area contributed by atoms with Crippen LogP contribution in [0.3, 0.4) is 0 Å². The van der Waals surface area contributed by atoms with Crippen LogP contribution in [0.4, 0.5) is 0 Å². The largest absolute Gasteiger partial charge is 0.305 e. The molecular formula is C15H13N2+. The van der Waals surface area contributed by atoms with Gasteiger partial charge in [0.25, 0.3) is 5.66 Å². The van der Waals surface area contributed by atoms with Crippen LogP contribution in [0, 0.1) is 11.8 Å². The van der Waals surface area contributed by atoms with Crippen LogP contribution in [0.25, 0.3) is 0 Å². The average Bonchev–Trinajstić information content (AvgIpc) is 2.97. The lowest BCUT2D eigenvalue weighted by Gasteiger charge is -2.31. The van der Waals surface area contributed by atoms with E-state index in [1.165, 1.54) is 24.2 Å². The third-order valence-electron chi connectivity index (χ3n) is 5.59. The highest BCUT2D eigenvalue weighted by atomic mass is 15.5. The van der Waals surface area contributed by atoms with E-state index in [9.17, 15) is 0 Å². The van der Waals surface area contributed by atoms with E-state index in [-0.39, 0.29) is 5.66 Å². The van der Waals surface area contributed by atoms with Crippen molar-refractivity contribution in [2.24, 2.45) is 11.8 Å². The highest BCUT2D eigenvalue weighted by Crippen LogP contribution is 2.62. The number of hydrogen-bond acceptors (Lipinski definition) is 1. The fourth-order valence-corrected chi connectivity index (χ4v) is 5.25. The Hall–Kier alpha value is -1.57. The minimum absolute atomic E-state index is 0.275. The maximum Gasteiger partial charge on any atom is 0.258 e. The summed E-state index contributed by atoms with van der Waals surface area (Å²) in [6, 6.07) is 0.661. The summed E-state index contributed by atoms with van der Waals surface area (Å²) in [5, 5.41) is 0. The molecule has 6 aliphatic heterocycles. The van der Waals surface area contributed by atoms with E-state index >= 15 is 0 Å². The molecule has 0 bridgehead atoms. The van der Waals surface area contributed by atoms with Gasteiger partial charge in [-0.15, -0.1) is 0 Å². The summed E-state index contributed by atoms with van der Waals surface area (Å²) in [6.45, 7) is 0. The van der Waals surface area contributed by atoms with Crippen molar-refractivity contribution < 1.29 is 4.58 Å². The maximum absolute atomic E-state index is 2.71. The molecule has 1 fully saturated rings. The summed E-state index contributed by atoms with van der Waals surface area (Å²) in [5.74, 6) is 1.44. The van der Waals surface area contributed by atoms with Crippen LogP contribution in [0.15, 0.2) is 47.9 Å². The van der Waals surface area contributed by atoms with Crippen LogP contribution in [0.5, 0.6) is 0 Å². The third kappa shape index (κ3) is 0.537. The molecule has 0 N–H and O–H groups in total. The normalized spacial score (nSPS) is 49.4. The Morgan fingerprint density at radius 1 is 1.18 bits per heavy atom. The minimum Gasteiger partial charge on any atom is -0.305 e. The summed E-state index contributed by atoms with van der Waals surface area (Å²) < 4.78 is 2.65. The van der Waals surface area contributed by atoms with Crippen LogP contribution in [0.1, 0.15) is 12.8 Å². The number of allylic oxidation sites excluding steroid dienone is 3. The minimum atomic E-state index is 0.275. The van der Waals surface area contributed by atoms with Crippen molar-refractivity contribution in [2.75, 3.05) is 0 Å². The standard InChI is InChI=1S/C15H13N2/c1-2-12-6-10-8-14-4-3-13-7-9-5-11(1)16(12)15(9,10)17(13)14/h1-5,8-10,12H,6-7H2/q+1/t9?,10?,12?,15-/m0/s1. The van der Waals surface area contributed by atoms with Gasteiger partial charge >= 0.3 is 0 Å². The molecule has 6 rings (SSSR count). The Morgan fingerprint density at radius 3 is 3.18 bits per heavy atom. The molecule has 0 radical (unpaired) electrons. The van der Waals surface area contributed by atoms with Crippen molar-refractivity contribution in [3.05, 3.63) is 47.9 Å². The second kappa shape index (κ2) is 1.96. The molecule has 17 heavy (non-hydrogen) atoms. The van der Waals surface area contributed by atoms with Crippen molar-refractivity contribution in [1.29, 1.82) is 0 Å². The van der Waals surface area contributed by atoms with E-state index in [0.717, 1.165) is 5.92 Å². The molecule has 2 nitrogen and oxygen atoms in total. The highest BCUT2D eigenvalue weighted by Gasteiger charge is 2.75. The van der Waals surface area contributed by atoms with Gasteiger partial charge in [-0.1, -0.05) is 6.08 Å². The monoisotopic (exact) mass is 221 g/mol. The van der Waals surface area contributed by atoms with Crippen LogP contribution < -0.4 is 0 Å². The van der Waals surface area contributed by atoms with E-state index in [4.69, 9.17) is 0 Å². The lowest BCUT2D eigenvalue weighted by atomic mass is 9.85. The SMILES string of the molecule is C1=CC2CC3C=C4C=CC5=[N+]4[C@@]34C(C=C1N24)C5. The van der Waals surface area contributed by atoms with Gasteiger partial charge < -0.3 is 4.90 Å². The van der Waals surface area contributed by atoms with Gasteiger partial charge in [0.05, 0.1) is 17.9 Å². The van der Waals surface area contributed by atoms with E-state index < -0.39 is 0 Å². The number of rotatable bonds is 0. The maximum atomic E-state index is 2.71. The topological polar surface area (TPSA) is 6.25 Å². The Bertz CT molecular complexity index is 646. The van der Waals surface area contributed by atoms with Crippen molar-refractivity contribution >= 4 is 5.71 Å². The first-order valence-electron chi connectivity index (χ1n) is 6.64. The molecule has 0 aromatic rings. The molecule has 2 heteroatoms. The van der Waals surface area contributed by atoms with Gasteiger partial charge in [-0.2, -0.15) is 4.58 Å². The molecule has 0 amide bonds. The van der Waals surface area contributed by atoms with Gasteiger partial charge in [0, 0.05) is 24.3 Å². The van der Waals surface area contributed by atoms with Gasteiger partial charge in [-0.3, -0.25) is 0 Å². The van der Waals surface area contributed by atoms with E-state index in [1.54, 1.807) is 5.71 Å². The molecule has 0 aromatic heterocycles. The average molecular weight is 221 g/mol. The molecular weight excluding hydrogens is 208 g/mol. The predicted octanol–water partition coefficient (Wildman–Crippen LogP) is 1.78. The van der Waals surface area contributed by atoms with E-state index in [2.05, 4.69) is 45.9 Å². The molecule has 82 valence electrons. The van der Waals surface area contributed by atoms with Gasteiger partial charge in [0.2, 0.25) is 5.70 Å². The molecule has 0 aromatic carbocycles. The number of nitrogens with zero attached hydrogens (tertiary/aromatic N) is 2. The van der Waals surface area contributed by atoms with E-state index in [1.807, 2.05) is 0 Å². The molecule has 3 unspecified atom stereocenters. The van der Waals surface area contributed by atoms with Gasteiger partial charge in [0.15, 0.2) is 5.71 Å². The molecule has 0 saturated carbocycles. The zero-order valence-corrected chi connectivity index (χ0v) is 9.50. The zero-order chi connectivity index (χ0) is 10.8. The second-order valence-corrected chi connectivity index (χ2v) is 6.08. The molecule has 6 heterocycles. The first-order chi connectivity index (χ1) is 8.39. The summed E-state index contributed by atoms with van der Waals surface area (Å²) in [4.78, 5) is 2.71. The highest BCUT2D eigenvalue weighted by molar-refractivity contribution is 5.95. The third-order valence-corrected chi connectivity index (χ3v) is 5.59. The molecule has 1 saturated heterocycles. The van der Waals surface area contributed by atoms with Crippen molar-refractivity contribution in [2.45, 2.75) is 24.5 Å². The van der Waals surface area contributed by atoms with Gasteiger partial charge in [-0.25, -0.2) is 0 Å². The summed E-state index contributed by atoms with van der Waals surface area (Å²) >= 11 is 0. The fraction of sp³-hybridized carbons (Fsp3) is 0.400. The Morgan fingerprint density at radius 2 is 2.18 bits per heavy atom. The lowest BCUT2D eigenvalue weighted by Crippen LogP contribution is -2.51.